The van der Waals surface area contributed by atoms with Crippen molar-refractivity contribution >= 4 is 40.8 Å². The molecular weight excluding hydrogens is 559 g/mol. The molecule has 1 aromatic heterocycles. The van der Waals surface area contributed by atoms with E-state index in [2.05, 4.69) is 26.3 Å². The Hall–Kier alpha value is -3.96. The van der Waals surface area contributed by atoms with Crippen molar-refractivity contribution in [1.82, 2.24) is 15.6 Å². The van der Waals surface area contributed by atoms with Crippen molar-refractivity contribution in [2.24, 2.45) is 5.41 Å². The van der Waals surface area contributed by atoms with Gasteiger partial charge >= 0.3 is 6.18 Å². The lowest BCUT2D eigenvalue weighted by Crippen LogP contribution is -2.36. The first-order valence-electron chi connectivity index (χ1n) is 12.8. The Morgan fingerprint density at radius 1 is 0.976 bits per heavy atom. The maximum atomic E-state index is 13.1. The van der Waals surface area contributed by atoms with Crippen molar-refractivity contribution in [3.8, 4) is 11.1 Å². The van der Waals surface area contributed by atoms with Crippen LogP contribution >= 0.6 is 11.6 Å². The molecule has 0 saturated carbocycles. The van der Waals surface area contributed by atoms with E-state index in [1.165, 1.54) is 6.07 Å². The molecule has 0 bridgehead atoms. The van der Waals surface area contributed by atoms with Crippen molar-refractivity contribution in [2.75, 3.05) is 17.2 Å². The van der Waals surface area contributed by atoms with Crippen LogP contribution in [0.15, 0.2) is 60.8 Å². The molecule has 1 aliphatic heterocycles. The van der Waals surface area contributed by atoms with Crippen LogP contribution in [0, 0.1) is 5.41 Å². The highest BCUT2D eigenvalue weighted by Gasteiger charge is 2.34. The second kappa shape index (κ2) is 11.9. The molecule has 4 N–H and O–H groups in total. The van der Waals surface area contributed by atoms with Crippen molar-refractivity contribution in [3.05, 3.63) is 76.9 Å². The van der Waals surface area contributed by atoms with E-state index in [-0.39, 0.29) is 30.0 Å². The highest BCUT2D eigenvalue weighted by molar-refractivity contribution is 6.31. The van der Waals surface area contributed by atoms with E-state index in [0.29, 0.717) is 17.9 Å². The topological polar surface area (TPSA) is 112 Å². The van der Waals surface area contributed by atoms with Gasteiger partial charge in [0, 0.05) is 41.0 Å². The van der Waals surface area contributed by atoms with Gasteiger partial charge < -0.3 is 21.3 Å². The van der Waals surface area contributed by atoms with E-state index >= 15 is 0 Å². The van der Waals surface area contributed by atoms with Gasteiger partial charge in [-0.2, -0.15) is 13.2 Å². The second-order valence-corrected chi connectivity index (χ2v) is 11.2. The summed E-state index contributed by atoms with van der Waals surface area (Å²) < 4.78 is 39.4. The van der Waals surface area contributed by atoms with Crippen LogP contribution in [0.5, 0.6) is 0 Å². The number of anilines is 2. The molecule has 0 unspecified atom stereocenters. The minimum atomic E-state index is -4.65. The molecule has 4 rings (SSSR count). The molecule has 41 heavy (non-hydrogen) atoms. The summed E-state index contributed by atoms with van der Waals surface area (Å²) in [5.41, 5.74) is 0.282. The van der Waals surface area contributed by atoms with E-state index in [9.17, 15) is 27.6 Å². The number of benzene rings is 2. The molecule has 1 aliphatic rings. The van der Waals surface area contributed by atoms with Crippen LogP contribution in [-0.2, 0) is 15.8 Å². The maximum absolute atomic E-state index is 13.1. The van der Waals surface area contributed by atoms with Crippen molar-refractivity contribution < 1.29 is 27.6 Å². The third kappa shape index (κ3) is 7.62. The molecule has 2 aromatic carbocycles. The Morgan fingerprint density at radius 2 is 1.73 bits per heavy atom. The number of nitrogens with zero attached hydrogens (tertiary/aromatic N) is 1. The monoisotopic (exact) mass is 587 g/mol. The Morgan fingerprint density at radius 3 is 2.39 bits per heavy atom. The molecule has 0 spiro atoms. The first-order chi connectivity index (χ1) is 19.2. The highest BCUT2D eigenvalue weighted by Crippen LogP contribution is 2.36. The van der Waals surface area contributed by atoms with Gasteiger partial charge in [-0.25, -0.2) is 4.98 Å². The van der Waals surface area contributed by atoms with E-state index in [4.69, 9.17) is 11.6 Å². The van der Waals surface area contributed by atoms with E-state index in [1.54, 1.807) is 57.3 Å². The van der Waals surface area contributed by atoms with Gasteiger partial charge in [-0.05, 0) is 54.4 Å². The molecule has 3 amide bonds. The minimum Gasteiger partial charge on any atom is -0.348 e. The summed E-state index contributed by atoms with van der Waals surface area (Å²) in [5.74, 6) is -0.590. The Kier molecular flexibility index (Phi) is 8.69. The van der Waals surface area contributed by atoms with Crippen LogP contribution in [0.3, 0.4) is 0 Å². The zero-order valence-corrected chi connectivity index (χ0v) is 23.3. The number of pyridine rings is 1. The SMILES string of the molecule is CC(C)(C)C(=O)Nc1ccc(-c2cccc(C(=O)N[C@H]3CN[C@@H](C(=O)Nc4ccc(Cl)c(C(F)(F)F)c4)C3)c2)cn1. The van der Waals surface area contributed by atoms with Crippen LogP contribution in [0.1, 0.15) is 43.1 Å². The standard InChI is InChI=1S/C29H29ClF3N5O3/c1-28(2,3)27(41)38-24-10-7-18(14-35-24)16-5-4-6-17(11-16)25(39)37-20-13-23(34-15-20)26(40)36-19-8-9-22(30)21(12-19)29(31,32)33/h4-12,14,20,23,34H,13,15H2,1-3H3,(H,36,40)(H,37,39)(H,35,38,41)/t20-,23-/m1/s1. The number of alkyl halides is 3. The summed E-state index contributed by atoms with van der Waals surface area (Å²) in [7, 11) is 0. The Bertz CT molecular complexity index is 1460. The van der Waals surface area contributed by atoms with Gasteiger partial charge in [0.1, 0.15) is 5.82 Å². The average Bonchev–Trinajstić information content (AvgIpc) is 3.38. The highest BCUT2D eigenvalue weighted by atomic mass is 35.5. The fourth-order valence-corrected chi connectivity index (χ4v) is 4.37. The molecule has 3 aromatic rings. The Balaban J connectivity index is 1.34. The van der Waals surface area contributed by atoms with Crippen LogP contribution in [0.2, 0.25) is 5.02 Å². The summed E-state index contributed by atoms with van der Waals surface area (Å²) in [6.07, 6.45) is -2.79. The molecule has 0 aliphatic carbocycles. The number of carbonyl (C=O) groups is 3. The summed E-state index contributed by atoms with van der Waals surface area (Å²) >= 11 is 5.64. The summed E-state index contributed by atoms with van der Waals surface area (Å²) in [5, 5.41) is 10.7. The number of halogens is 4. The molecule has 8 nitrogen and oxygen atoms in total. The summed E-state index contributed by atoms with van der Waals surface area (Å²) in [6.45, 7) is 5.73. The number of nitrogens with one attached hydrogen (secondary N) is 4. The average molecular weight is 588 g/mol. The number of carbonyl (C=O) groups excluding carboxylic acids is 3. The number of rotatable bonds is 6. The maximum Gasteiger partial charge on any atom is 0.417 e. The van der Waals surface area contributed by atoms with Crippen LogP contribution in [-0.4, -0.2) is 41.3 Å². The molecule has 1 saturated heterocycles. The van der Waals surface area contributed by atoms with E-state index in [1.807, 2.05) is 6.07 Å². The van der Waals surface area contributed by atoms with Gasteiger partial charge in [-0.3, -0.25) is 14.4 Å². The predicted molar refractivity (Wildman–Crippen MR) is 151 cm³/mol. The Labute approximate surface area is 240 Å². The third-order valence-electron chi connectivity index (χ3n) is 6.47. The number of amides is 3. The molecule has 0 radical (unpaired) electrons. The molecule has 2 atom stereocenters. The molecule has 1 fully saturated rings. The van der Waals surface area contributed by atoms with Crippen LogP contribution < -0.4 is 21.3 Å². The van der Waals surface area contributed by atoms with Crippen molar-refractivity contribution in [3.63, 3.8) is 0 Å². The van der Waals surface area contributed by atoms with Crippen LogP contribution in [0.4, 0.5) is 24.7 Å². The lowest BCUT2D eigenvalue weighted by Gasteiger charge is -2.17. The van der Waals surface area contributed by atoms with Crippen LogP contribution in [0.25, 0.3) is 11.1 Å². The van der Waals surface area contributed by atoms with E-state index in [0.717, 1.165) is 23.3 Å². The molecular formula is C29H29ClF3N5O3. The number of hydrogen-bond donors (Lipinski definition) is 4. The fourth-order valence-electron chi connectivity index (χ4n) is 4.15. The lowest BCUT2D eigenvalue weighted by molar-refractivity contribution is -0.137. The number of hydrogen-bond acceptors (Lipinski definition) is 5. The van der Waals surface area contributed by atoms with Gasteiger partial charge in [0.2, 0.25) is 11.8 Å². The molecule has 12 heteroatoms. The van der Waals surface area contributed by atoms with Gasteiger partial charge in [-0.15, -0.1) is 0 Å². The minimum absolute atomic E-state index is 0.0306. The first-order valence-corrected chi connectivity index (χ1v) is 13.2. The second-order valence-electron chi connectivity index (χ2n) is 10.8. The zero-order valence-electron chi connectivity index (χ0n) is 22.5. The normalized spacial score (nSPS) is 17.1. The van der Waals surface area contributed by atoms with Crippen molar-refractivity contribution in [1.29, 1.82) is 0 Å². The quantitative estimate of drug-likeness (QED) is 0.304. The largest absolute Gasteiger partial charge is 0.417 e. The van der Waals surface area contributed by atoms with Gasteiger partial charge in [0.05, 0.1) is 16.6 Å². The summed E-state index contributed by atoms with van der Waals surface area (Å²) in [4.78, 5) is 42.1. The van der Waals surface area contributed by atoms with Crippen molar-refractivity contribution in [2.45, 2.75) is 45.5 Å². The number of aromatic nitrogens is 1. The smallest absolute Gasteiger partial charge is 0.348 e. The van der Waals surface area contributed by atoms with Gasteiger partial charge in [0.15, 0.2) is 0 Å². The molecule has 2 heterocycles. The van der Waals surface area contributed by atoms with E-state index < -0.39 is 34.1 Å². The lowest BCUT2D eigenvalue weighted by atomic mass is 9.96. The zero-order chi connectivity index (χ0) is 29.9. The van der Waals surface area contributed by atoms with Gasteiger partial charge in [0.25, 0.3) is 5.91 Å². The first kappa shape index (κ1) is 30.0. The fraction of sp³-hybridized carbons (Fsp3) is 0.310. The van der Waals surface area contributed by atoms with Gasteiger partial charge in [-0.1, -0.05) is 44.5 Å². The molecule has 216 valence electrons. The summed E-state index contributed by atoms with van der Waals surface area (Å²) in [6, 6.07) is 12.5. The predicted octanol–water partition coefficient (Wildman–Crippen LogP) is 5.50. The third-order valence-corrected chi connectivity index (χ3v) is 6.80.